The van der Waals surface area contributed by atoms with Gasteiger partial charge < -0.3 is 4.90 Å². The van der Waals surface area contributed by atoms with Gasteiger partial charge in [0.2, 0.25) is 10.0 Å². The molecule has 0 aliphatic carbocycles. The quantitative estimate of drug-likeness (QED) is 0.825. The van der Waals surface area contributed by atoms with Gasteiger partial charge in [0.05, 0.1) is 11.2 Å². The minimum absolute atomic E-state index is 0.117. The van der Waals surface area contributed by atoms with Gasteiger partial charge in [-0.1, -0.05) is 22.9 Å². The molecule has 5 rings (SSSR count). The van der Waals surface area contributed by atoms with E-state index in [0.717, 1.165) is 6.42 Å². The Balaban J connectivity index is 1.65. The van der Waals surface area contributed by atoms with Crippen LogP contribution in [0.4, 0.5) is 4.39 Å². The lowest BCUT2D eigenvalue weighted by Crippen LogP contribution is -2.59. The predicted octanol–water partition coefficient (Wildman–Crippen LogP) is 1.66. The van der Waals surface area contributed by atoms with Gasteiger partial charge in [-0.2, -0.15) is 4.31 Å². The van der Waals surface area contributed by atoms with E-state index in [1.54, 1.807) is 4.90 Å². The zero-order valence-corrected chi connectivity index (χ0v) is 15.7. The summed E-state index contributed by atoms with van der Waals surface area (Å²) in [6, 6.07) is 3.22. The zero-order valence-electron chi connectivity index (χ0n) is 14.2. The van der Waals surface area contributed by atoms with E-state index in [-0.39, 0.29) is 35.8 Å². The fourth-order valence-electron chi connectivity index (χ4n) is 3.80. The highest BCUT2D eigenvalue weighted by Gasteiger charge is 2.45. The Labute approximate surface area is 160 Å². The molecule has 2 aromatic rings. The Morgan fingerprint density at radius 3 is 2.78 bits per heavy atom. The number of H-pyrrole nitrogens is 1. The molecule has 0 radical (unpaired) electrons. The van der Waals surface area contributed by atoms with E-state index in [1.807, 2.05) is 0 Å². The number of aromatic amines is 1. The highest BCUT2D eigenvalue weighted by Crippen LogP contribution is 2.34. The summed E-state index contributed by atoms with van der Waals surface area (Å²) in [6.45, 7) is 0.357. The van der Waals surface area contributed by atoms with Crippen LogP contribution in [0.1, 0.15) is 29.8 Å². The van der Waals surface area contributed by atoms with Crippen LogP contribution in [0.5, 0.6) is 0 Å². The van der Waals surface area contributed by atoms with Gasteiger partial charge in [0.25, 0.3) is 5.91 Å². The lowest BCUT2D eigenvalue weighted by molar-refractivity contribution is 0.0498. The Morgan fingerprint density at radius 2 is 2.04 bits per heavy atom. The molecule has 3 fully saturated rings. The molecule has 1 aromatic carbocycles. The van der Waals surface area contributed by atoms with E-state index in [0.29, 0.717) is 12.8 Å². The number of nitrogens with one attached hydrogen (secondary N) is 1. The number of halogens is 2. The van der Waals surface area contributed by atoms with Crippen molar-refractivity contribution >= 4 is 27.5 Å². The molecule has 11 heteroatoms. The van der Waals surface area contributed by atoms with Crippen LogP contribution >= 0.6 is 11.6 Å². The molecule has 2 atom stereocenters. The number of rotatable bonds is 3. The molecule has 144 valence electrons. The van der Waals surface area contributed by atoms with Crippen molar-refractivity contribution in [3.63, 3.8) is 0 Å². The lowest BCUT2D eigenvalue weighted by atomic mass is 10.1. The van der Waals surface area contributed by atoms with Crippen molar-refractivity contribution in [2.75, 3.05) is 13.1 Å². The van der Waals surface area contributed by atoms with Crippen LogP contribution in [0, 0.1) is 5.82 Å². The standard InChI is InChI=1S/C16H17ClFN5O3S/c17-12-5-2-6-14(15(12)18)27(25,26)23-9-10-3-1-4-11(23)8-22(10)16(24)13-7-19-21-20-13/h2,5-7,10-11H,1,3-4,8-9H2,(H,19,20,21). The van der Waals surface area contributed by atoms with Crippen molar-refractivity contribution in [1.29, 1.82) is 0 Å². The second-order valence-electron chi connectivity index (χ2n) is 6.69. The molecular weight excluding hydrogens is 397 g/mol. The SMILES string of the molecule is O=C(c1cnn[nH]1)N1CC2CCCC1CN2S(=O)(=O)c1cccc(Cl)c1F. The van der Waals surface area contributed by atoms with Gasteiger partial charge >= 0.3 is 0 Å². The minimum Gasteiger partial charge on any atom is -0.331 e. The molecule has 27 heavy (non-hydrogen) atoms. The number of amides is 1. The third-order valence-corrected chi connectivity index (χ3v) is 7.36. The number of hydrogen-bond acceptors (Lipinski definition) is 5. The molecule has 1 N–H and O–H groups in total. The summed E-state index contributed by atoms with van der Waals surface area (Å²) in [6.07, 6.45) is 3.40. The number of aromatic nitrogens is 3. The maximum absolute atomic E-state index is 14.4. The molecule has 4 heterocycles. The van der Waals surface area contributed by atoms with Crippen molar-refractivity contribution < 1.29 is 17.6 Å². The van der Waals surface area contributed by atoms with Crippen LogP contribution in [0.25, 0.3) is 0 Å². The third-order valence-electron chi connectivity index (χ3n) is 5.13. The number of nitrogens with zero attached hydrogens (tertiary/aromatic N) is 4. The van der Waals surface area contributed by atoms with E-state index < -0.39 is 26.8 Å². The Bertz CT molecular complexity index is 968. The molecule has 0 saturated carbocycles. The smallest absolute Gasteiger partial charge is 0.273 e. The van der Waals surface area contributed by atoms with E-state index in [1.165, 1.54) is 28.7 Å². The van der Waals surface area contributed by atoms with Crippen LogP contribution in [-0.4, -0.2) is 64.1 Å². The van der Waals surface area contributed by atoms with E-state index in [2.05, 4.69) is 15.4 Å². The molecule has 1 aromatic heterocycles. The largest absolute Gasteiger partial charge is 0.331 e. The Kier molecular flexibility index (Phi) is 4.65. The summed E-state index contributed by atoms with van der Waals surface area (Å²) in [7, 11) is -4.07. The fraction of sp³-hybridized carbons (Fsp3) is 0.438. The Hall–Kier alpha value is -2.04. The van der Waals surface area contributed by atoms with Gasteiger partial charge in [-0.25, -0.2) is 12.8 Å². The molecule has 0 spiro atoms. The summed E-state index contributed by atoms with van der Waals surface area (Å²) in [5, 5.41) is 9.48. The summed E-state index contributed by atoms with van der Waals surface area (Å²) in [4.78, 5) is 13.9. The average molecular weight is 414 g/mol. The Morgan fingerprint density at radius 1 is 1.26 bits per heavy atom. The van der Waals surface area contributed by atoms with E-state index in [4.69, 9.17) is 11.6 Å². The van der Waals surface area contributed by atoms with Crippen LogP contribution in [0.15, 0.2) is 29.3 Å². The maximum Gasteiger partial charge on any atom is 0.273 e. The lowest BCUT2D eigenvalue weighted by Gasteiger charge is -2.42. The highest BCUT2D eigenvalue weighted by molar-refractivity contribution is 7.89. The fourth-order valence-corrected chi connectivity index (χ4v) is 5.81. The van der Waals surface area contributed by atoms with Crippen molar-refractivity contribution in [1.82, 2.24) is 24.6 Å². The molecule has 1 amide bonds. The van der Waals surface area contributed by atoms with Crippen molar-refractivity contribution in [2.45, 2.75) is 36.2 Å². The molecule has 2 unspecified atom stereocenters. The number of carbonyl (C=O) groups is 1. The average Bonchev–Trinajstić information content (AvgIpc) is 3.01. The summed E-state index contributed by atoms with van der Waals surface area (Å²) >= 11 is 5.77. The van der Waals surface area contributed by atoms with Crippen LogP contribution in [-0.2, 0) is 10.0 Å². The van der Waals surface area contributed by atoms with Crippen LogP contribution in [0.3, 0.4) is 0 Å². The molecule has 2 bridgehead atoms. The van der Waals surface area contributed by atoms with Crippen molar-refractivity contribution in [3.05, 3.63) is 40.9 Å². The molecule has 3 aliphatic rings. The monoisotopic (exact) mass is 413 g/mol. The van der Waals surface area contributed by atoms with E-state index >= 15 is 0 Å². The molecule has 3 aliphatic heterocycles. The zero-order chi connectivity index (χ0) is 19.2. The topological polar surface area (TPSA) is 99.3 Å². The summed E-state index contributed by atoms with van der Waals surface area (Å²) in [5.41, 5.74) is 0.262. The first-order valence-electron chi connectivity index (χ1n) is 8.52. The van der Waals surface area contributed by atoms with Crippen molar-refractivity contribution in [2.24, 2.45) is 0 Å². The van der Waals surface area contributed by atoms with Gasteiger partial charge in [-0.15, -0.1) is 5.10 Å². The second kappa shape index (κ2) is 6.84. The van der Waals surface area contributed by atoms with Gasteiger partial charge in [0.1, 0.15) is 10.6 Å². The first-order chi connectivity index (χ1) is 12.9. The number of benzene rings is 1. The van der Waals surface area contributed by atoms with Crippen LogP contribution in [0.2, 0.25) is 5.02 Å². The van der Waals surface area contributed by atoms with Gasteiger partial charge in [0, 0.05) is 25.2 Å². The van der Waals surface area contributed by atoms with E-state index in [9.17, 15) is 17.6 Å². The van der Waals surface area contributed by atoms with Crippen molar-refractivity contribution in [3.8, 4) is 0 Å². The van der Waals surface area contributed by atoms with Crippen LogP contribution < -0.4 is 0 Å². The molecule has 8 nitrogen and oxygen atoms in total. The minimum atomic E-state index is -4.07. The predicted molar refractivity (Wildman–Crippen MR) is 94.1 cm³/mol. The first-order valence-corrected chi connectivity index (χ1v) is 10.3. The third kappa shape index (κ3) is 3.11. The number of piperazine rings is 1. The number of hydrogen-bond donors (Lipinski definition) is 1. The van der Waals surface area contributed by atoms with Gasteiger partial charge in [-0.3, -0.25) is 9.89 Å². The molecule has 3 saturated heterocycles. The number of sulfonamides is 1. The number of carbonyl (C=O) groups excluding carboxylic acids is 1. The highest BCUT2D eigenvalue weighted by atomic mass is 35.5. The summed E-state index contributed by atoms with van der Waals surface area (Å²) < 4.78 is 41.9. The normalized spacial score (nSPS) is 23.4. The van der Waals surface area contributed by atoms with Gasteiger partial charge in [0.15, 0.2) is 5.82 Å². The van der Waals surface area contributed by atoms with Gasteiger partial charge in [-0.05, 0) is 31.4 Å². The number of fused-ring (bicyclic) bond motifs is 4. The summed E-state index contributed by atoms with van der Waals surface area (Å²) in [5.74, 6) is -1.21. The second-order valence-corrected chi connectivity index (χ2v) is 8.96. The maximum atomic E-state index is 14.4. The molecular formula is C16H17ClFN5O3S. The first kappa shape index (κ1) is 18.3.